The van der Waals surface area contributed by atoms with E-state index in [1.807, 2.05) is 18.2 Å². The molecule has 0 aliphatic carbocycles. The molecule has 1 N–H and O–H groups in total. The second-order valence-corrected chi connectivity index (χ2v) is 4.45. The molecule has 0 radical (unpaired) electrons. The first-order chi connectivity index (χ1) is 10.2. The van der Waals surface area contributed by atoms with Gasteiger partial charge < -0.3 is 19.7 Å². The maximum Gasteiger partial charge on any atom is 0.266 e. The van der Waals surface area contributed by atoms with Crippen LogP contribution in [-0.4, -0.2) is 44.2 Å². The molecule has 6 nitrogen and oxygen atoms in total. The molecule has 0 spiro atoms. The highest BCUT2D eigenvalue weighted by Gasteiger charge is 2.20. The minimum atomic E-state index is -0.276. The molecular weight excluding hydrogens is 270 g/mol. The van der Waals surface area contributed by atoms with Gasteiger partial charge in [0, 0.05) is 25.0 Å². The average molecular weight is 287 g/mol. The molecule has 0 aromatic heterocycles. The largest absolute Gasteiger partial charge is 0.497 e. The molecule has 1 aromatic rings. The van der Waals surface area contributed by atoms with Crippen molar-refractivity contribution in [2.75, 3.05) is 38.7 Å². The van der Waals surface area contributed by atoms with Crippen LogP contribution in [0.4, 0.5) is 5.69 Å². The summed E-state index contributed by atoms with van der Waals surface area (Å²) in [6, 6.07) is 9.15. The molecule has 1 heterocycles. The molecule has 0 atom stereocenters. The van der Waals surface area contributed by atoms with E-state index in [0.717, 1.165) is 11.4 Å². The lowest BCUT2D eigenvalue weighted by molar-refractivity contribution is -0.130. The van der Waals surface area contributed by atoms with Crippen LogP contribution in [0.1, 0.15) is 0 Å². The lowest BCUT2D eigenvalue weighted by atomic mass is 10.2. The minimum Gasteiger partial charge on any atom is -0.497 e. The van der Waals surface area contributed by atoms with Gasteiger partial charge in [0.1, 0.15) is 17.4 Å². The first-order valence-corrected chi connectivity index (χ1v) is 6.62. The zero-order chi connectivity index (χ0) is 15.1. The third-order valence-electron chi connectivity index (χ3n) is 3.12. The SMILES string of the molecule is COc1ccc(N/C=C(/C#N)C(=O)N2CCOCC2)cc1. The zero-order valence-corrected chi connectivity index (χ0v) is 11.8. The Hall–Kier alpha value is -2.52. The van der Waals surface area contributed by atoms with E-state index in [4.69, 9.17) is 14.7 Å². The predicted molar refractivity (Wildman–Crippen MR) is 77.7 cm³/mol. The highest BCUT2D eigenvalue weighted by atomic mass is 16.5. The van der Waals surface area contributed by atoms with Gasteiger partial charge in [0.2, 0.25) is 0 Å². The molecule has 2 rings (SSSR count). The summed E-state index contributed by atoms with van der Waals surface area (Å²) in [5.41, 5.74) is 0.853. The van der Waals surface area contributed by atoms with Crippen LogP contribution in [0.15, 0.2) is 36.0 Å². The highest BCUT2D eigenvalue weighted by Crippen LogP contribution is 2.15. The Labute approximate surface area is 123 Å². The summed E-state index contributed by atoms with van der Waals surface area (Å²) in [5, 5.41) is 12.1. The third-order valence-corrected chi connectivity index (χ3v) is 3.12. The second-order valence-electron chi connectivity index (χ2n) is 4.45. The number of anilines is 1. The number of carbonyl (C=O) groups excluding carboxylic acids is 1. The number of nitrogens with one attached hydrogen (secondary N) is 1. The van der Waals surface area contributed by atoms with Gasteiger partial charge in [0.25, 0.3) is 5.91 Å². The molecule has 21 heavy (non-hydrogen) atoms. The summed E-state index contributed by atoms with van der Waals surface area (Å²) >= 11 is 0. The van der Waals surface area contributed by atoms with Crippen molar-refractivity contribution in [1.29, 1.82) is 5.26 Å². The fraction of sp³-hybridized carbons (Fsp3) is 0.333. The molecule has 1 saturated heterocycles. The number of benzene rings is 1. The Kier molecular flexibility index (Phi) is 5.18. The predicted octanol–water partition coefficient (Wildman–Crippen LogP) is 1.37. The number of hydrogen-bond donors (Lipinski definition) is 1. The van der Waals surface area contributed by atoms with Gasteiger partial charge in [-0.1, -0.05) is 0 Å². The maximum absolute atomic E-state index is 12.2. The van der Waals surface area contributed by atoms with Gasteiger partial charge in [-0.3, -0.25) is 4.79 Å². The van der Waals surface area contributed by atoms with Gasteiger partial charge in [-0.15, -0.1) is 0 Å². The molecule has 6 heteroatoms. The molecule has 1 amide bonds. The summed E-state index contributed by atoms with van der Waals surface area (Å²) in [6.07, 6.45) is 1.43. The van der Waals surface area contributed by atoms with E-state index in [1.165, 1.54) is 6.20 Å². The summed E-state index contributed by atoms with van der Waals surface area (Å²) < 4.78 is 10.3. The number of amides is 1. The maximum atomic E-state index is 12.2. The molecule has 1 aliphatic rings. The van der Waals surface area contributed by atoms with Crippen LogP contribution < -0.4 is 10.1 Å². The van der Waals surface area contributed by atoms with Gasteiger partial charge in [0.05, 0.1) is 20.3 Å². The highest BCUT2D eigenvalue weighted by molar-refractivity contribution is 5.97. The van der Waals surface area contributed by atoms with Crippen LogP contribution in [0, 0.1) is 11.3 Å². The second kappa shape index (κ2) is 7.31. The quantitative estimate of drug-likeness (QED) is 0.669. The molecule has 1 fully saturated rings. The van der Waals surface area contributed by atoms with Crippen molar-refractivity contribution in [3.63, 3.8) is 0 Å². The summed E-state index contributed by atoms with van der Waals surface area (Å²) in [6.45, 7) is 2.05. The number of ether oxygens (including phenoxy) is 2. The van der Waals surface area contributed by atoms with Crippen LogP contribution in [0.3, 0.4) is 0 Å². The number of rotatable bonds is 4. The minimum absolute atomic E-state index is 0.0766. The van der Waals surface area contributed by atoms with E-state index in [9.17, 15) is 4.79 Å². The fourth-order valence-electron chi connectivity index (χ4n) is 1.92. The van der Waals surface area contributed by atoms with Crippen LogP contribution in [0.25, 0.3) is 0 Å². The van der Waals surface area contributed by atoms with Crippen molar-refractivity contribution in [2.45, 2.75) is 0 Å². The van der Waals surface area contributed by atoms with E-state index in [-0.39, 0.29) is 11.5 Å². The Bertz CT molecular complexity index is 555. The average Bonchev–Trinajstić information content (AvgIpc) is 2.56. The Morgan fingerprint density at radius 1 is 1.38 bits per heavy atom. The summed E-state index contributed by atoms with van der Waals surface area (Å²) in [7, 11) is 1.59. The van der Waals surface area contributed by atoms with Gasteiger partial charge in [-0.25, -0.2) is 0 Å². The third kappa shape index (κ3) is 3.97. The van der Waals surface area contributed by atoms with Crippen molar-refractivity contribution < 1.29 is 14.3 Å². The van der Waals surface area contributed by atoms with E-state index >= 15 is 0 Å². The van der Waals surface area contributed by atoms with Crippen LogP contribution >= 0.6 is 0 Å². The molecule has 1 aromatic carbocycles. The number of nitriles is 1. The number of nitrogens with zero attached hydrogens (tertiary/aromatic N) is 2. The molecule has 0 bridgehead atoms. The topological polar surface area (TPSA) is 74.6 Å². The molecular formula is C15H17N3O3. The fourth-order valence-corrected chi connectivity index (χ4v) is 1.92. The number of methoxy groups -OCH3 is 1. The first-order valence-electron chi connectivity index (χ1n) is 6.62. The lowest BCUT2D eigenvalue weighted by Gasteiger charge is -2.26. The van der Waals surface area contributed by atoms with Crippen LogP contribution in [0.2, 0.25) is 0 Å². The lowest BCUT2D eigenvalue weighted by Crippen LogP contribution is -2.41. The molecule has 0 unspecified atom stereocenters. The smallest absolute Gasteiger partial charge is 0.266 e. The van der Waals surface area contributed by atoms with Crippen molar-refractivity contribution in [3.05, 3.63) is 36.0 Å². The van der Waals surface area contributed by atoms with Gasteiger partial charge >= 0.3 is 0 Å². The zero-order valence-electron chi connectivity index (χ0n) is 11.8. The monoisotopic (exact) mass is 287 g/mol. The normalized spacial score (nSPS) is 15.2. The van der Waals surface area contributed by atoms with Crippen molar-refractivity contribution >= 4 is 11.6 Å². The van der Waals surface area contributed by atoms with Gasteiger partial charge in [-0.05, 0) is 24.3 Å². The Morgan fingerprint density at radius 3 is 2.62 bits per heavy atom. The number of morpholine rings is 1. The summed E-state index contributed by atoms with van der Waals surface area (Å²) in [4.78, 5) is 13.8. The van der Waals surface area contributed by atoms with Gasteiger partial charge in [-0.2, -0.15) is 5.26 Å². The van der Waals surface area contributed by atoms with E-state index in [1.54, 1.807) is 24.1 Å². The van der Waals surface area contributed by atoms with Crippen molar-refractivity contribution in [1.82, 2.24) is 4.90 Å². The number of hydrogen-bond acceptors (Lipinski definition) is 5. The Balaban J connectivity index is 2.02. The van der Waals surface area contributed by atoms with Crippen LogP contribution in [0.5, 0.6) is 5.75 Å². The van der Waals surface area contributed by atoms with E-state index in [0.29, 0.717) is 26.3 Å². The van der Waals surface area contributed by atoms with E-state index in [2.05, 4.69) is 5.32 Å². The Morgan fingerprint density at radius 2 is 2.05 bits per heavy atom. The van der Waals surface area contributed by atoms with Crippen LogP contribution in [-0.2, 0) is 9.53 Å². The standard InChI is InChI=1S/C15H17N3O3/c1-20-14-4-2-13(3-5-14)17-11-12(10-16)15(19)18-6-8-21-9-7-18/h2-5,11,17H,6-9H2,1H3/b12-11-. The molecule has 1 aliphatic heterocycles. The van der Waals surface area contributed by atoms with Gasteiger partial charge in [0.15, 0.2) is 0 Å². The number of carbonyl (C=O) groups is 1. The van der Waals surface area contributed by atoms with Crippen molar-refractivity contribution in [3.8, 4) is 11.8 Å². The van der Waals surface area contributed by atoms with Crippen molar-refractivity contribution in [2.24, 2.45) is 0 Å². The summed E-state index contributed by atoms with van der Waals surface area (Å²) in [5.74, 6) is 0.469. The van der Waals surface area contributed by atoms with E-state index < -0.39 is 0 Å². The molecule has 0 saturated carbocycles. The first kappa shape index (κ1) is 14.9. The molecule has 110 valence electrons.